The quantitative estimate of drug-likeness (QED) is 0.669. The number of ether oxygens (including phenoxy) is 1. The lowest BCUT2D eigenvalue weighted by molar-refractivity contribution is 0.294. The van der Waals surface area contributed by atoms with Crippen molar-refractivity contribution in [1.29, 1.82) is 0 Å². The molecule has 176 valence electrons. The fourth-order valence-electron chi connectivity index (χ4n) is 4.21. The third-order valence-corrected chi connectivity index (χ3v) is 7.87. The van der Waals surface area contributed by atoms with Crippen LogP contribution in [0.25, 0.3) is 0 Å². The molecule has 9 heteroatoms. The number of hydrogen-bond acceptors (Lipinski definition) is 7. The van der Waals surface area contributed by atoms with Crippen LogP contribution in [0.2, 0.25) is 0 Å². The molecule has 3 rings (SSSR count). The fourth-order valence-corrected chi connectivity index (χ4v) is 6.42. The molecule has 32 heavy (non-hydrogen) atoms. The third-order valence-electron chi connectivity index (χ3n) is 5.91. The highest BCUT2D eigenvalue weighted by molar-refractivity contribution is 7.91. The van der Waals surface area contributed by atoms with Gasteiger partial charge >= 0.3 is 10.6 Å². The van der Waals surface area contributed by atoms with Crippen LogP contribution in [0.1, 0.15) is 62.3 Å². The monoisotopic (exact) mass is 481 g/mol. The zero-order valence-corrected chi connectivity index (χ0v) is 20.6. The highest BCUT2D eigenvalue weighted by Gasteiger charge is 2.42. The van der Waals surface area contributed by atoms with Crippen molar-refractivity contribution >= 4 is 20.4 Å². The Labute approximate surface area is 192 Å². The second-order valence-electron chi connectivity index (χ2n) is 8.05. The van der Waals surface area contributed by atoms with E-state index in [0.29, 0.717) is 10.6 Å². The summed E-state index contributed by atoms with van der Waals surface area (Å²) in [5.74, 6) is 0.841. The first kappa shape index (κ1) is 26.0. The number of unbranched alkanes of at least 4 members (excludes halogenated alkanes) is 1. The zero-order chi connectivity index (χ0) is 23.9. The fraction of sp³-hybridized carbons (Fsp3) is 0.478. The Morgan fingerprint density at radius 2 is 1.75 bits per heavy atom. The van der Waals surface area contributed by atoms with Crippen molar-refractivity contribution < 1.29 is 25.8 Å². The SMILES string of the molecule is CCCC[C@]1(CC)CS(=O)(=O)c2cc(C)c(OC)cc2[C@@H](c2ccccc2)N1.O=S(=O)=O. The molecular formula is C23H31NO6S2. The minimum Gasteiger partial charge on any atom is -0.496 e. The molecule has 2 aromatic rings. The van der Waals surface area contributed by atoms with Crippen LogP contribution in [-0.2, 0) is 20.4 Å². The summed E-state index contributed by atoms with van der Waals surface area (Å²) in [6, 6.07) is 13.6. The van der Waals surface area contributed by atoms with Crippen molar-refractivity contribution in [2.75, 3.05) is 12.9 Å². The summed E-state index contributed by atoms with van der Waals surface area (Å²) < 4.78 is 57.8. The van der Waals surface area contributed by atoms with Gasteiger partial charge in [-0.05, 0) is 48.6 Å². The van der Waals surface area contributed by atoms with Crippen LogP contribution < -0.4 is 10.1 Å². The summed E-state index contributed by atoms with van der Waals surface area (Å²) >= 11 is 0. The van der Waals surface area contributed by atoms with Crippen molar-refractivity contribution in [2.45, 2.75) is 62.9 Å². The summed E-state index contributed by atoms with van der Waals surface area (Å²) in [6.45, 7) is 6.13. The van der Waals surface area contributed by atoms with Crippen molar-refractivity contribution in [3.8, 4) is 5.75 Å². The second-order valence-corrected chi connectivity index (χ2v) is 10.4. The number of benzene rings is 2. The maximum Gasteiger partial charge on any atom is 0.425 e. The number of rotatable bonds is 6. The van der Waals surface area contributed by atoms with Crippen LogP contribution >= 0.6 is 0 Å². The van der Waals surface area contributed by atoms with Crippen molar-refractivity contribution in [3.05, 3.63) is 59.2 Å². The first-order valence-corrected chi connectivity index (χ1v) is 13.2. The van der Waals surface area contributed by atoms with Gasteiger partial charge in [0.15, 0.2) is 9.84 Å². The van der Waals surface area contributed by atoms with E-state index >= 15 is 0 Å². The average molecular weight is 482 g/mol. The van der Waals surface area contributed by atoms with Gasteiger partial charge in [-0.25, -0.2) is 8.42 Å². The standard InChI is InChI=1S/C23H31NO3S.O3S/c1-5-7-13-23(6-2)16-28(25,26)21-14-17(3)20(27-4)15-19(21)22(24-23)18-11-9-8-10-12-18;1-4(2)3/h8-12,14-15,22,24H,5-7,13,16H2,1-4H3;/t22-,23-;/m1./s1. The van der Waals surface area contributed by atoms with Crippen molar-refractivity contribution in [3.63, 3.8) is 0 Å². The Morgan fingerprint density at radius 1 is 1.12 bits per heavy atom. The number of nitrogens with one attached hydrogen (secondary N) is 1. The molecule has 0 fully saturated rings. The Balaban J connectivity index is 0.000000837. The maximum absolute atomic E-state index is 13.5. The number of hydrogen-bond donors (Lipinski definition) is 1. The van der Waals surface area contributed by atoms with Crippen LogP contribution in [-0.4, -0.2) is 39.4 Å². The van der Waals surface area contributed by atoms with Gasteiger partial charge in [0.05, 0.1) is 23.8 Å². The van der Waals surface area contributed by atoms with Gasteiger partial charge in [0, 0.05) is 5.54 Å². The summed E-state index contributed by atoms with van der Waals surface area (Å²) in [4.78, 5) is 0.430. The van der Waals surface area contributed by atoms with Gasteiger partial charge in [-0.1, -0.05) is 57.0 Å². The first-order valence-electron chi connectivity index (χ1n) is 10.6. The maximum atomic E-state index is 13.5. The molecule has 0 saturated carbocycles. The molecule has 0 aromatic heterocycles. The molecule has 0 aliphatic carbocycles. The van der Waals surface area contributed by atoms with E-state index in [9.17, 15) is 8.42 Å². The second kappa shape index (κ2) is 11.1. The first-order chi connectivity index (χ1) is 15.1. The summed E-state index contributed by atoms with van der Waals surface area (Å²) in [7, 11) is -4.92. The molecule has 1 aliphatic rings. The molecule has 0 amide bonds. The predicted molar refractivity (Wildman–Crippen MR) is 123 cm³/mol. The van der Waals surface area contributed by atoms with E-state index in [1.165, 1.54) is 0 Å². The lowest BCUT2D eigenvalue weighted by atomic mass is 9.88. The minimum atomic E-state index is -3.44. The van der Waals surface area contributed by atoms with Crippen LogP contribution in [0, 0.1) is 6.92 Å². The van der Waals surface area contributed by atoms with Gasteiger partial charge in [0.25, 0.3) is 0 Å². The minimum absolute atomic E-state index is 0.124. The zero-order valence-electron chi connectivity index (χ0n) is 18.9. The summed E-state index contributed by atoms with van der Waals surface area (Å²) in [6.07, 6.45) is 3.64. The highest BCUT2D eigenvalue weighted by atomic mass is 32.2. The molecule has 1 heterocycles. The van der Waals surface area contributed by atoms with E-state index in [4.69, 9.17) is 17.4 Å². The van der Waals surface area contributed by atoms with Crippen LogP contribution in [0.4, 0.5) is 0 Å². The number of sulfone groups is 1. The van der Waals surface area contributed by atoms with Gasteiger partial charge in [-0.3, -0.25) is 5.32 Å². The van der Waals surface area contributed by atoms with E-state index in [1.54, 1.807) is 13.2 Å². The lowest BCUT2D eigenvalue weighted by Crippen LogP contribution is -2.50. The molecule has 1 aliphatic heterocycles. The van der Waals surface area contributed by atoms with E-state index in [-0.39, 0.29) is 11.8 Å². The third kappa shape index (κ3) is 6.17. The van der Waals surface area contributed by atoms with Gasteiger partial charge < -0.3 is 4.74 Å². The predicted octanol–water partition coefficient (Wildman–Crippen LogP) is 3.80. The van der Waals surface area contributed by atoms with Gasteiger partial charge in [-0.2, -0.15) is 0 Å². The van der Waals surface area contributed by atoms with E-state index in [1.807, 2.05) is 31.2 Å². The van der Waals surface area contributed by atoms with Crippen LogP contribution in [0.15, 0.2) is 47.4 Å². The molecule has 1 N–H and O–H groups in total. The molecule has 0 radical (unpaired) electrons. The smallest absolute Gasteiger partial charge is 0.425 e. The Bertz CT molecular complexity index is 1120. The lowest BCUT2D eigenvalue weighted by Gasteiger charge is -2.36. The summed E-state index contributed by atoms with van der Waals surface area (Å²) in [5, 5.41) is 3.78. The molecule has 0 unspecified atom stereocenters. The van der Waals surface area contributed by atoms with E-state index in [2.05, 4.69) is 31.3 Å². The largest absolute Gasteiger partial charge is 0.496 e. The Morgan fingerprint density at radius 3 is 2.28 bits per heavy atom. The molecule has 7 nitrogen and oxygen atoms in total. The Kier molecular flexibility index (Phi) is 9.00. The summed E-state index contributed by atoms with van der Waals surface area (Å²) in [5.41, 5.74) is 2.24. The van der Waals surface area contributed by atoms with Gasteiger partial charge in [0.2, 0.25) is 0 Å². The van der Waals surface area contributed by atoms with Gasteiger partial charge in [-0.15, -0.1) is 12.6 Å². The number of methoxy groups -OCH3 is 1. The van der Waals surface area contributed by atoms with Crippen LogP contribution in [0.3, 0.4) is 0 Å². The average Bonchev–Trinajstić information content (AvgIpc) is 2.84. The van der Waals surface area contributed by atoms with E-state index < -0.39 is 26.0 Å². The van der Waals surface area contributed by atoms with Crippen molar-refractivity contribution in [1.82, 2.24) is 5.32 Å². The molecular weight excluding hydrogens is 450 g/mol. The molecule has 2 aromatic carbocycles. The topological polar surface area (TPSA) is 107 Å². The molecule has 0 bridgehead atoms. The highest BCUT2D eigenvalue weighted by Crippen LogP contribution is 2.40. The van der Waals surface area contributed by atoms with E-state index in [0.717, 1.165) is 42.4 Å². The van der Waals surface area contributed by atoms with Gasteiger partial charge in [0.1, 0.15) is 5.75 Å². The Hall–Kier alpha value is -2.23. The number of fused-ring (bicyclic) bond motifs is 1. The van der Waals surface area contributed by atoms with Crippen molar-refractivity contribution in [2.24, 2.45) is 0 Å². The molecule has 0 spiro atoms. The molecule has 2 atom stereocenters. The number of aryl methyl sites for hydroxylation is 1. The normalized spacial score (nSPS) is 21.4. The van der Waals surface area contributed by atoms with Crippen LogP contribution in [0.5, 0.6) is 5.75 Å². The molecule has 0 saturated heterocycles.